The lowest BCUT2D eigenvalue weighted by Gasteiger charge is -2.20. The van der Waals surface area contributed by atoms with E-state index in [0.29, 0.717) is 0 Å². The predicted octanol–water partition coefficient (Wildman–Crippen LogP) is 4.52. The van der Waals surface area contributed by atoms with Crippen LogP contribution >= 0.6 is 0 Å². The molecule has 0 saturated heterocycles. The van der Waals surface area contributed by atoms with Crippen molar-refractivity contribution < 1.29 is 0 Å². The van der Waals surface area contributed by atoms with Crippen molar-refractivity contribution in [3.63, 3.8) is 0 Å². The summed E-state index contributed by atoms with van der Waals surface area (Å²) in [5.74, 6) is 0. The van der Waals surface area contributed by atoms with Crippen LogP contribution in [0.5, 0.6) is 0 Å². The number of hydrogen-bond donors (Lipinski definition) is 0. The number of benzene rings is 2. The van der Waals surface area contributed by atoms with Crippen molar-refractivity contribution in [2.45, 2.75) is 0 Å². The molecule has 0 atom stereocenters. The predicted molar refractivity (Wildman–Crippen MR) is 84.2 cm³/mol. The molecule has 1 aromatic heterocycles. The van der Waals surface area contributed by atoms with Gasteiger partial charge in [-0.1, -0.05) is 36.4 Å². The molecule has 0 radical (unpaired) electrons. The molecule has 0 N–H and O–H groups in total. The van der Waals surface area contributed by atoms with Gasteiger partial charge in [-0.25, -0.2) is 0 Å². The smallest absolute Gasteiger partial charge is 0.0414 e. The summed E-state index contributed by atoms with van der Waals surface area (Å²) in [5, 5.41) is 0. The molecule has 0 spiro atoms. The Morgan fingerprint density at radius 3 is 2.25 bits per heavy atom. The first-order chi connectivity index (χ1) is 9.84. The molecule has 0 amide bonds. The molecule has 0 aliphatic heterocycles. The Balaban J connectivity index is 1.96. The Hall–Kier alpha value is -2.61. The Kier molecular flexibility index (Phi) is 3.46. The van der Waals surface area contributed by atoms with Crippen LogP contribution in [-0.2, 0) is 0 Å². The van der Waals surface area contributed by atoms with Crippen molar-refractivity contribution in [3.8, 4) is 11.1 Å². The van der Waals surface area contributed by atoms with Gasteiger partial charge in [0, 0.05) is 36.4 Å². The summed E-state index contributed by atoms with van der Waals surface area (Å²) >= 11 is 0. The summed E-state index contributed by atoms with van der Waals surface area (Å²) in [6.45, 7) is 0. The van der Waals surface area contributed by atoms with E-state index in [1.54, 1.807) is 6.20 Å². The number of hydrogen-bond acceptors (Lipinski definition) is 2. The maximum Gasteiger partial charge on any atom is 0.0414 e. The number of nitrogens with zero attached hydrogens (tertiary/aromatic N) is 2. The van der Waals surface area contributed by atoms with Crippen LogP contribution in [0.2, 0.25) is 0 Å². The zero-order valence-corrected chi connectivity index (χ0v) is 11.4. The third-order valence-corrected chi connectivity index (χ3v) is 3.37. The van der Waals surface area contributed by atoms with Gasteiger partial charge in [0.1, 0.15) is 0 Å². The molecule has 0 fully saturated rings. The molecule has 0 unspecified atom stereocenters. The molecule has 0 saturated carbocycles. The average molecular weight is 260 g/mol. The van der Waals surface area contributed by atoms with Gasteiger partial charge in [-0.15, -0.1) is 0 Å². The molecule has 0 bridgehead atoms. The Morgan fingerprint density at radius 2 is 1.50 bits per heavy atom. The standard InChI is InChI=1S/C18H16N2/c1-20(17-9-3-2-4-10-17)18-11-5-7-15(13-18)16-8-6-12-19-14-16/h2-14H,1H3. The Labute approximate surface area is 119 Å². The largest absolute Gasteiger partial charge is 0.345 e. The van der Waals surface area contributed by atoms with Crippen LogP contribution in [0, 0.1) is 0 Å². The van der Waals surface area contributed by atoms with Crippen LogP contribution < -0.4 is 4.90 Å². The summed E-state index contributed by atoms with van der Waals surface area (Å²) in [7, 11) is 2.08. The molecule has 3 rings (SSSR count). The van der Waals surface area contributed by atoms with Gasteiger partial charge in [0.25, 0.3) is 0 Å². The molecule has 2 heteroatoms. The van der Waals surface area contributed by atoms with E-state index in [4.69, 9.17) is 0 Å². The molecular weight excluding hydrogens is 244 g/mol. The minimum atomic E-state index is 1.14. The first kappa shape index (κ1) is 12.4. The van der Waals surface area contributed by atoms with Crippen LogP contribution in [0.1, 0.15) is 0 Å². The van der Waals surface area contributed by atoms with Gasteiger partial charge < -0.3 is 4.90 Å². The Morgan fingerprint density at radius 1 is 0.750 bits per heavy atom. The van der Waals surface area contributed by atoms with Crippen LogP contribution in [0.3, 0.4) is 0 Å². The van der Waals surface area contributed by atoms with E-state index < -0.39 is 0 Å². The van der Waals surface area contributed by atoms with Crippen molar-refractivity contribution in [1.29, 1.82) is 0 Å². The van der Waals surface area contributed by atoms with Gasteiger partial charge in [0.05, 0.1) is 0 Å². The van der Waals surface area contributed by atoms with E-state index in [1.807, 2.05) is 18.3 Å². The third kappa shape index (κ3) is 2.54. The van der Waals surface area contributed by atoms with Gasteiger partial charge in [0.15, 0.2) is 0 Å². The second-order valence-electron chi connectivity index (χ2n) is 4.69. The number of rotatable bonds is 3. The van der Waals surface area contributed by atoms with Crippen LogP contribution in [0.4, 0.5) is 11.4 Å². The summed E-state index contributed by atoms with van der Waals surface area (Å²) in [5.41, 5.74) is 4.66. The lowest BCUT2D eigenvalue weighted by atomic mass is 10.1. The molecule has 1 heterocycles. The van der Waals surface area contributed by atoms with Crippen LogP contribution in [0.25, 0.3) is 11.1 Å². The first-order valence-corrected chi connectivity index (χ1v) is 6.64. The fourth-order valence-corrected chi connectivity index (χ4v) is 2.23. The second kappa shape index (κ2) is 5.57. The average Bonchev–Trinajstić information content (AvgIpc) is 2.56. The maximum atomic E-state index is 4.18. The molecule has 2 aromatic carbocycles. The second-order valence-corrected chi connectivity index (χ2v) is 4.69. The van der Waals surface area contributed by atoms with Gasteiger partial charge in [-0.05, 0) is 35.9 Å². The van der Waals surface area contributed by atoms with Crippen molar-refractivity contribution in [1.82, 2.24) is 4.98 Å². The highest BCUT2D eigenvalue weighted by Crippen LogP contribution is 2.27. The first-order valence-electron chi connectivity index (χ1n) is 6.64. The van der Waals surface area contributed by atoms with Gasteiger partial charge >= 0.3 is 0 Å². The quantitative estimate of drug-likeness (QED) is 0.688. The molecule has 3 aromatic rings. The summed E-state index contributed by atoms with van der Waals surface area (Å²) < 4.78 is 0. The molecule has 0 aliphatic rings. The minimum Gasteiger partial charge on any atom is -0.345 e. The van der Waals surface area contributed by atoms with Gasteiger partial charge in [-0.3, -0.25) is 4.98 Å². The molecule has 98 valence electrons. The van der Waals surface area contributed by atoms with E-state index in [-0.39, 0.29) is 0 Å². The minimum absolute atomic E-state index is 1.14. The lowest BCUT2D eigenvalue weighted by Crippen LogP contribution is -2.08. The third-order valence-electron chi connectivity index (χ3n) is 3.37. The van der Waals surface area contributed by atoms with E-state index in [1.165, 1.54) is 11.3 Å². The normalized spacial score (nSPS) is 10.2. The van der Waals surface area contributed by atoms with E-state index in [0.717, 1.165) is 11.3 Å². The summed E-state index contributed by atoms with van der Waals surface area (Å²) in [4.78, 5) is 6.36. The van der Waals surface area contributed by atoms with Crippen molar-refractivity contribution in [2.75, 3.05) is 11.9 Å². The van der Waals surface area contributed by atoms with Crippen molar-refractivity contribution in [2.24, 2.45) is 0 Å². The fraction of sp³-hybridized carbons (Fsp3) is 0.0556. The van der Waals surface area contributed by atoms with Gasteiger partial charge in [-0.2, -0.15) is 0 Å². The zero-order valence-electron chi connectivity index (χ0n) is 11.4. The Bertz CT molecular complexity index is 678. The molecule has 0 aliphatic carbocycles. The van der Waals surface area contributed by atoms with E-state index in [9.17, 15) is 0 Å². The highest BCUT2D eigenvalue weighted by molar-refractivity contribution is 5.71. The summed E-state index contributed by atoms with van der Waals surface area (Å²) in [6.07, 6.45) is 3.69. The number of para-hydroxylation sites is 1. The highest BCUT2D eigenvalue weighted by atomic mass is 15.1. The number of anilines is 2. The highest BCUT2D eigenvalue weighted by Gasteiger charge is 2.05. The van der Waals surface area contributed by atoms with Gasteiger partial charge in [0.2, 0.25) is 0 Å². The SMILES string of the molecule is CN(c1ccccc1)c1cccc(-c2cccnc2)c1. The molecule has 20 heavy (non-hydrogen) atoms. The molecule has 2 nitrogen and oxygen atoms in total. The fourth-order valence-electron chi connectivity index (χ4n) is 2.23. The summed E-state index contributed by atoms with van der Waals surface area (Å²) in [6, 6.07) is 22.9. The zero-order chi connectivity index (χ0) is 13.8. The van der Waals surface area contributed by atoms with E-state index >= 15 is 0 Å². The van der Waals surface area contributed by atoms with E-state index in [2.05, 4.69) is 71.5 Å². The monoisotopic (exact) mass is 260 g/mol. The van der Waals surface area contributed by atoms with Crippen molar-refractivity contribution >= 4 is 11.4 Å². The lowest BCUT2D eigenvalue weighted by molar-refractivity contribution is 1.21. The van der Waals surface area contributed by atoms with Crippen molar-refractivity contribution in [3.05, 3.63) is 79.1 Å². The number of aromatic nitrogens is 1. The topological polar surface area (TPSA) is 16.1 Å². The number of pyridine rings is 1. The maximum absolute atomic E-state index is 4.18. The van der Waals surface area contributed by atoms with Crippen LogP contribution in [0.15, 0.2) is 79.1 Å². The molecular formula is C18H16N2. The van der Waals surface area contributed by atoms with Crippen LogP contribution in [-0.4, -0.2) is 12.0 Å².